The molecule has 1 aliphatic heterocycles. The third-order valence-electron chi connectivity index (χ3n) is 6.50. The number of fused-ring (bicyclic) bond motifs is 1. The van der Waals surface area contributed by atoms with E-state index in [1.54, 1.807) is 0 Å². The Morgan fingerprint density at radius 2 is 1.75 bits per heavy atom. The molecule has 0 saturated heterocycles. The third kappa shape index (κ3) is 1.65. The van der Waals surface area contributed by atoms with Gasteiger partial charge in [-0.1, -0.05) is 0 Å². The van der Waals surface area contributed by atoms with Crippen LogP contribution in [0.1, 0.15) is 49.9 Å². The van der Waals surface area contributed by atoms with Gasteiger partial charge < -0.3 is 5.32 Å². The van der Waals surface area contributed by atoms with Crippen molar-refractivity contribution in [2.24, 2.45) is 17.8 Å². The zero-order valence-corrected chi connectivity index (χ0v) is 12.3. The molecule has 3 nitrogen and oxygen atoms in total. The smallest absolute Gasteiger partial charge is 0.0689 e. The van der Waals surface area contributed by atoms with Crippen molar-refractivity contribution < 1.29 is 0 Å². The quantitative estimate of drug-likeness (QED) is 0.850. The molecule has 1 aromatic rings. The van der Waals surface area contributed by atoms with Crippen molar-refractivity contribution in [3.8, 4) is 0 Å². The fraction of sp³-hybridized carbons (Fsp3) is 0.824. The second-order valence-corrected chi connectivity index (χ2v) is 7.94. The zero-order chi connectivity index (χ0) is 13.2. The Bertz CT molecular complexity index is 472. The summed E-state index contributed by atoms with van der Waals surface area (Å²) in [4.78, 5) is 0. The minimum atomic E-state index is 0.474. The summed E-state index contributed by atoms with van der Waals surface area (Å²) in [6.45, 7) is 3.25. The van der Waals surface area contributed by atoms with Gasteiger partial charge in [0, 0.05) is 30.6 Å². The van der Waals surface area contributed by atoms with Crippen molar-refractivity contribution in [2.75, 3.05) is 13.1 Å². The van der Waals surface area contributed by atoms with Gasteiger partial charge >= 0.3 is 0 Å². The summed E-state index contributed by atoms with van der Waals surface area (Å²) in [5, 5.41) is 8.55. The van der Waals surface area contributed by atoms with E-state index in [0.29, 0.717) is 5.41 Å². The molecule has 2 heterocycles. The van der Waals surface area contributed by atoms with Gasteiger partial charge in [0.2, 0.25) is 0 Å². The molecule has 4 bridgehead atoms. The van der Waals surface area contributed by atoms with E-state index in [-0.39, 0.29) is 0 Å². The molecule has 6 rings (SSSR count). The van der Waals surface area contributed by atoms with Crippen LogP contribution in [0.15, 0.2) is 6.07 Å². The molecule has 0 radical (unpaired) electrons. The monoisotopic (exact) mass is 271 g/mol. The molecule has 0 unspecified atom stereocenters. The molecule has 0 aromatic carbocycles. The number of aromatic nitrogens is 2. The summed E-state index contributed by atoms with van der Waals surface area (Å²) in [6.07, 6.45) is 10.0. The van der Waals surface area contributed by atoms with Crippen LogP contribution in [-0.2, 0) is 18.4 Å². The topological polar surface area (TPSA) is 29.9 Å². The average molecular weight is 271 g/mol. The van der Waals surface area contributed by atoms with Crippen molar-refractivity contribution in [2.45, 2.75) is 56.9 Å². The minimum absolute atomic E-state index is 0.474. The maximum absolute atomic E-state index is 5.08. The van der Waals surface area contributed by atoms with Crippen molar-refractivity contribution in [1.82, 2.24) is 15.1 Å². The molecule has 5 aliphatic rings. The Labute approximate surface area is 121 Å². The zero-order valence-electron chi connectivity index (χ0n) is 12.3. The Kier molecular flexibility index (Phi) is 2.41. The number of hydrogen-bond donors (Lipinski definition) is 1. The molecule has 108 valence electrons. The lowest BCUT2D eigenvalue weighted by Crippen LogP contribution is -2.48. The predicted molar refractivity (Wildman–Crippen MR) is 78.7 cm³/mol. The Morgan fingerprint density at radius 1 is 1.05 bits per heavy atom. The maximum atomic E-state index is 5.08. The largest absolute Gasteiger partial charge is 0.315 e. The highest BCUT2D eigenvalue weighted by Gasteiger charge is 2.52. The summed E-state index contributed by atoms with van der Waals surface area (Å²) >= 11 is 0. The van der Waals surface area contributed by atoms with Gasteiger partial charge in [-0.15, -0.1) is 0 Å². The first kappa shape index (κ1) is 11.8. The van der Waals surface area contributed by atoms with Crippen molar-refractivity contribution >= 4 is 0 Å². The van der Waals surface area contributed by atoms with Crippen molar-refractivity contribution in [3.05, 3.63) is 17.5 Å². The Hall–Kier alpha value is -0.830. The average Bonchev–Trinajstić information content (AvgIpc) is 2.70. The minimum Gasteiger partial charge on any atom is -0.315 e. The van der Waals surface area contributed by atoms with Crippen molar-refractivity contribution in [1.29, 1.82) is 0 Å². The first-order valence-electron chi connectivity index (χ1n) is 8.59. The molecule has 3 heteroatoms. The molecule has 4 aliphatic carbocycles. The van der Waals surface area contributed by atoms with Gasteiger partial charge in [0.1, 0.15) is 0 Å². The number of hydrogen-bond acceptors (Lipinski definition) is 2. The molecule has 4 fully saturated rings. The highest BCUT2D eigenvalue weighted by Crippen LogP contribution is 2.60. The second kappa shape index (κ2) is 4.09. The van der Waals surface area contributed by atoms with Gasteiger partial charge in [-0.05, 0) is 62.3 Å². The van der Waals surface area contributed by atoms with Crippen LogP contribution >= 0.6 is 0 Å². The van der Waals surface area contributed by atoms with Crippen LogP contribution in [0, 0.1) is 17.8 Å². The van der Waals surface area contributed by atoms with Crippen LogP contribution in [0.25, 0.3) is 0 Å². The van der Waals surface area contributed by atoms with Crippen LogP contribution in [0.2, 0.25) is 0 Å². The SMILES string of the molecule is c1c(C23CC4CC(CC(C4)C2)C3)nn2c1CCNCC2. The van der Waals surface area contributed by atoms with Gasteiger partial charge in [-0.3, -0.25) is 4.68 Å². The Balaban J connectivity index is 1.53. The van der Waals surface area contributed by atoms with E-state index in [9.17, 15) is 0 Å². The first-order valence-corrected chi connectivity index (χ1v) is 8.59. The fourth-order valence-electron chi connectivity index (χ4n) is 6.06. The van der Waals surface area contributed by atoms with Crippen LogP contribution in [0.4, 0.5) is 0 Å². The summed E-state index contributed by atoms with van der Waals surface area (Å²) in [5.41, 5.74) is 3.41. The lowest BCUT2D eigenvalue weighted by Gasteiger charge is -2.56. The van der Waals surface area contributed by atoms with E-state index >= 15 is 0 Å². The lowest BCUT2D eigenvalue weighted by molar-refractivity contribution is -0.00747. The van der Waals surface area contributed by atoms with Crippen LogP contribution in [0.3, 0.4) is 0 Å². The molecule has 4 saturated carbocycles. The van der Waals surface area contributed by atoms with Crippen LogP contribution < -0.4 is 5.32 Å². The predicted octanol–water partition coefficient (Wildman–Crippen LogP) is 2.50. The standard InChI is InChI=1S/C17H25N3/c1-2-18-3-4-20-15(1)8-16(19-20)17-9-12-5-13(10-17)7-14(6-12)11-17/h8,12-14,18H,1-7,9-11H2. The number of nitrogens with zero attached hydrogens (tertiary/aromatic N) is 2. The molecule has 1 N–H and O–H groups in total. The highest BCUT2D eigenvalue weighted by atomic mass is 15.3. The van der Waals surface area contributed by atoms with Crippen LogP contribution in [0.5, 0.6) is 0 Å². The second-order valence-electron chi connectivity index (χ2n) is 7.94. The molecule has 1 aromatic heterocycles. The number of rotatable bonds is 1. The number of nitrogens with one attached hydrogen (secondary N) is 1. The van der Waals surface area contributed by atoms with Gasteiger partial charge in [0.15, 0.2) is 0 Å². The van der Waals surface area contributed by atoms with E-state index in [0.717, 1.165) is 43.8 Å². The summed E-state index contributed by atoms with van der Waals surface area (Å²) < 4.78 is 2.30. The summed E-state index contributed by atoms with van der Waals surface area (Å²) in [5.74, 6) is 3.05. The fourth-order valence-corrected chi connectivity index (χ4v) is 6.06. The van der Waals surface area contributed by atoms with Gasteiger partial charge in [0.05, 0.1) is 12.2 Å². The molecule has 0 amide bonds. The molecule has 0 spiro atoms. The van der Waals surface area contributed by atoms with Gasteiger partial charge in [-0.25, -0.2) is 0 Å². The normalized spacial score (nSPS) is 42.5. The first-order chi connectivity index (χ1) is 9.81. The highest BCUT2D eigenvalue weighted by molar-refractivity contribution is 5.25. The molecular weight excluding hydrogens is 246 g/mol. The van der Waals surface area contributed by atoms with Crippen molar-refractivity contribution in [3.63, 3.8) is 0 Å². The van der Waals surface area contributed by atoms with Gasteiger partial charge in [-0.2, -0.15) is 5.10 Å². The van der Waals surface area contributed by atoms with E-state index in [2.05, 4.69) is 16.1 Å². The van der Waals surface area contributed by atoms with E-state index < -0.39 is 0 Å². The molecule has 20 heavy (non-hydrogen) atoms. The lowest BCUT2D eigenvalue weighted by atomic mass is 9.49. The van der Waals surface area contributed by atoms with Crippen LogP contribution in [-0.4, -0.2) is 22.9 Å². The molecular formula is C17H25N3. The third-order valence-corrected chi connectivity index (χ3v) is 6.50. The molecule has 0 atom stereocenters. The summed E-state index contributed by atoms with van der Waals surface area (Å²) in [6, 6.07) is 2.47. The van der Waals surface area contributed by atoms with E-state index in [1.165, 1.54) is 49.9 Å². The van der Waals surface area contributed by atoms with Gasteiger partial charge in [0.25, 0.3) is 0 Å². The van der Waals surface area contributed by atoms with E-state index in [1.807, 2.05) is 0 Å². The Morgan fingerprint density at radius 3 is 2.45 bits per heavy atom. The maximum Gasteiger partial charge on any atom is 0.0689 e. The van der Waals surface area contributed by atoms with E-state index in [4.69, 9.17) is 5.10 Å². The summed E-state index contributed by atoms with van der Waals surface area (Å²) in [7, 11) is 0.